The zero-order valence-corrected chi connectivity index (χ0v) is 11.8. The second-order valence-electron chi connectivity index (χ2n) is 5.44. The maximum atomic E-state index is 12.1. The third-order valence-corrected chi connectivity index (χ3v) is 3.45. The minimum absolute atomic E-state index is 0.00778. The molecule has 1 saturated heterocycles. The molecule has 0 unspecified atom stereocenters. The van der Waals surface area contributed by atoms with Crippen molar-refractivity contribution in [2.45, 2.75) is 45.3 Å². The summed E-state index contributed by atoms with van der Waals surface area (Å²) < 4.78 is 5.41. The van der Waals surface area contributed by atoms with E-state index in [4.69, 9.17) is 10.5 Å². The van der Waals surface area contributed by atoms with Crippen molar-refractivity contribution in [3.8, 4) is 0 Å². The summed E-state index contributed by atoms with van der Waals surface area (Å²) in [5, 5.41) is 2.46. The van der Waals surface area contributed by atoms with E-state index < -0.39 is 5.60 Å². The van der Waals surface area contributed by atoms with Gasteiger partial charge in [-0.2, -0.15) is 0 Å². The Labute approximate surface area is 111 Å². The van der Waals surface area contributed by atoms with Crippen LogP contribution in [-0.2, 0) is 4.74 Å². The first-order chi connectivity index (χ1) is 8.37. The van der Waals surface area contributed by atoms with E-state index in [0.29, 0.717) is 5.13 Å². The molecule has 18 heavy (non-hydrogen) atoms. The molecule has 0 spiro atoms. The summed E-state index contributed by atoms with van der Waals surface area (Å²) in [7, 11) is 0. The molecule has 5 nitrogen and oxygen atoms in total. The summed E-state index contributed by atoms with van der Waals surface area (Å²) in [6.45, 7) is 6.33. The van der Waals surface area contributed by atoms with Gasteiger partial charge in [-0.15, -0.1) is 11.3 Å². The molecule has 2 N–H and O–H groups in total. The Balaban J connectivity index is 2.10. The predicted octanol–water partition coefficient (Wildman–Crippen LogP) is 2.80. The van der Waals surface area contributed by atoms with E-state index in [2.05, 4.69) is 4.98 Å². The second kappa shape index (κ2) is 4.76. The van der Waals surface area contributed by atoms with Gasteiger partial charge in [-0.3, -0.25) is 4.90 Å². The van der Waals surface area contributed by atoms with Crippen LogP contribution < -0.4 is 5.73 Å². The number of thiazole rings is 1. The maximum absolute atomic E-state index is 12.1. The molecule has 1 aliphatic heterocycles. The van der Waals surface area contributed by atoms with Crippen molar-refractivity contribution in [2.24, 2.45) is 0 Å². The topological polar surface area (TPSA) is 68.5 Å². The number of likely N-dealkylation sites (tertiary alicyclic amines) is 1. The highest BCUT2D eigenvalue weighted by Crippen LogP contribution is 2.34. The van der Waals surface area contributed by atoms with Gasteiger partial charge in [0, 0.05) is 11.9 Å². The lowest BCUT2D eigenvalue weighted by molar-refractivity contribution is 0.0222. The van der Waals surface area contributed by atoms with Crippen LogP contribution in [0, 0.1) is 0 Å². The van der Waals surface area contributed by atoms with E-state index in [-0.39, 0.29) is 12.1 Å². The lowest BCUT2D eigenvalue weighted by atomic mass is 10.2. The third-order valence-electron chi connectivity index (χ3n) is 2.76. The smallest absolute Gasteiger partial charge is 0.410 e. The molecule has 2 heterocycles. The molecule has 0 aromatic carbocycles. The summed E-state index contributed by atoms with van der Waals surface area (Å²) in [5.74, 6) is 0. The number of anilines is 1. The normalized spacial score (nSPS) is 20.2. The number of rotatable bonds is 1. The minimum Gasteiger partial charge on any atom is -0.444 e. The predicted molar refractivity (Wildman–Crippen MR) is 71.4 cm³/mol. The van der Waals surface area contributed by atoms with Crippen molar-refractivity contribution in [2.75, 3.05) is 12.3 Å². The Morgan fingerprint density at radius 1 is 1.61 bits per heavy atom. The first-order valence-corrected chi connectivity index (χ1v) is 6.95. The highest BCUT2D eigenvalue weighted by Gasteiger charge is 2.34. The lowest BCUT2D eigenvalue weighted by Gasteiger charge is -2.27. The molecule has 1 aliphatic rings. The van der Waals surface area contributed by atoms with Gasteiger partial charge in [0.15, 0.2) is 5.13 Å². The third kappa shape index (κ3) is 2.93. The van der Waals surface area contributed by atoms with Crippen LogP contribution in [0.2, 0.25) is 0 Å². The second-order valence-corrected chi connectivity index (χ2v) is 6.33. The Morgan fingerprint density at radius 2 is 2.33 bits per heavy atom. The number of nitrogens with zero attached hydrogens (tertiary/aromatic N) is 2. The quantitative estimate of drug-likeness (QED) is 0.851. The largest absolute Gasteiger partial charge is 0.444 e. The number of nitrogen functional groups attached to an aromatic ring is 1. The molecule has 6 heteroatoms. The average molecular weight is 269 g/mol. The zero-order valence-electron chi connectivity index (χ0n) is 11.0. The molecule has 0 aliphatic carbocycles. The molecule has 1 aromatic rings. The van der Waals surface area contributed by atoms with Crippen LogP contribution in [0.5, 0.6) is 0 Å². The number of aromatic nitrogens is 1. The number of nitrogens with two attached hydrogens (primary N) is 1. The van der Waals surface area contributed by atoms with Crippen LogP contribution in [0.15, 0.2) is 5.38 Å². The van der Waals surface area contributed by atoms with Crippen molar-refractivity contribution >= 4 is 22.6 Å². The fourth-order valence-electron chi connectivity index (χ4n) is 2.07. The standard InChI is InChI=1S/C12H19N3O2S/c1-12(2,3)17-11(16)15-6-4-5-9(15)8-7-18-10(13)14-8/h7,9H,4-6H2,1-3H3,(H2,13,14)/t9-/m0/s1. The fourth-order valence-corrected chi connectivity index (χ4v) is 2.68. The average Bonchev–Trinajstić information content (AvgIpc) is 2.81. The highest BCUT2D eigenvalue weighted by atomic mass is 32.1. The van der Waals surface area contributed by atoms with E-state index in [0.717, 1.165) is 25.1 Å². The number of ether oxygens (including phenoxy) is 1. The van der Waals surface area contributed by atoms with Gasteiger partial charge in [-0.25, -0.2) is 9.78 Å². The van der Waals surface area contributed by atoms with E-state index in [9.17, 15) is 4.79 Å². The summed E-state index contributed by atoms with van der Waals surface area (Å²) in [4.78, 5) is 18.1. The maximum Gasteiger partial charge on any atom is 0.410 e. The van der Waals surface area contributed by atoms with Gasteiger partial charge < -0.3 is 10.5 Å². The van der Waals surface area contributed by atoms with Gasteiger partial charge in [-0.05, 0) is 33.6 Å². The number of carbonyl (C=O) groups excluding carboxylic acids is 1. The molecular formula is C12H19N3O2S. The van der Waals surface area contributed by atoms with E-state index >= 15 is 0 Å². The Bertz CT molecular complexity index is 439. The molecular weight excluding hydrogens is 250 g/mol. The zero-order chi connectivity index (χ0) is 13.3. The van der Waals surface area contributed by atoms with Gasteiger partial charge in [0.25, 0.3) is 0 Å². The van der Waals surface area contributed by atoms with Crippen LogP contribution in [0.25, 0.3) is 0 Å². The van der Waals surface area contributed by atoms with Crippen molar-refractivity contribution < 1.29 is 9.53 Å². The summed E-state index contributed by atoms with van der Waals surface area (Å²) in [5.41, 5.74) is 6.05. The Hall–Kier alpha value is -1.30. The SMILES string of the molecule is CC(C)(C)OC(=O)N1CCC[C@H]1c1csc(N)n1. The lowest BCUT2D eigenvalue weighted by Crippen LogP contribution is -2.36. The van der Waals surface area contributed by atoms with Crippen molar-refractivity contribution in [1.82, 2.24) is 9.88 Å². The van der Waals surface area contributed by atoms with Crippen molar-refractivity contribution in [1.29, 1.82) is 0 Å². The van der Waals surface area contributed by atoms with Crippen LogP contribution >= 0.6 is 11.3 Å². The van der Waals surface area contributed by atoms with Gasteiger partial charge in [0.1, 0.15) is 5.60 Å². The number of hydrogen-bond donors (Lipinski definition) is 1. The van der Waals surface area contributed by atoms with Crippen LogP contribution in [0.3, 0.4) is 0 Å². The minimum atomic E-state index is -0.467. The Morgan fingerprint density at radius 3 is 2.89 bits per heavy atom. The monoisotopic (exact) mass is 269 g/mol. The molecule has 100 valence electrons. The van der Waals surface area contributed by atoms with Crippen molar-refractivity contribution in [3.63, 3.8) is 0 Å². The molecule has 1 aromatic heterocycles. The summed E-state index contributed by atoms with van der Waals surface area (Å²) >= 11 is 1.41. The molecule has 1 amide bonds. The molecule has 1 atom stereocenters. The van der Waals surface area contributed by atoms with E-state index in [1.165, 1.54) is 11.3 Å². The summed E-state index contributed by atoms with van der Waals surface area (Å²) in [6, 6.07) is 0.00778. The van der Waals surface area contributed by atoms with Gasteiger partial charge in [0.05, 0.1) is 11.7 Å². The first-order valence-electron chi connectivity index (χ1n) is 6.07. The highest BCUT2D eigenvalue weighted by molar-refractivity contribution is 7.13. The molecule has 2 rings (SSSR count). The number of carbonyl (C=O) groups is 1. The summed E-state index contributed by atoms with van der Waals surface area (Å²) in [6.07, 6.45) is 1.63. The Kier molecular flexibility index (Phi) is 3.47. The van der Waals surface area contributed by atoms with E-state index in [1.54, 1.807) is 4.90 Å². The van der Waals surface area contributed by atoms with Gasteiger partial charge in [-0.1, -0.05) is 0 Å². The van der Waals surface area contributed by atoms with E-state index in [1.807, 2.05) is 26.2 Å². The molecule has 1 fully saturated rings. The van der Waals surface area contributed by atoms with Gasteiger partial charge >= 0.3 is 6.09 Å². The molecule has 0 bridgehead atoms. The van der Waals surface area contributed by atoms with Crippen LogP contribution in [-0.4, -0.2) is 28.1 Å². The van der Waals surface area contributed by atoms with Crippen LogP contribution in [0.1, 0.15) is 45.3 Å². The van der Waals surface area contributed by atoms with Crippen molar-refractivity contribution in [3.05, 3.63) is 11.1 Å². The number of hydrogen-bond acceptors (Lipinski definition) is 5. The number of amides is 1. The van der Waals surface area contributed by atoms with Crippen LogP contribution in [0.4, 0.5) is 9.93 Å². The first kappa shape index (κ1) is 13.1. The molecule has 0 radical (unpaired) electrons. The molecule has 0 saturated carbocycles. The fraction of sp³-hybridized carbons (Fsp3) is 0.667. The van der Waals surface area contributed by atoms with Gasteiger partial charge in [0.2, 0.25) is 0 Å².